The molecular formula is C32H48N4O3. The molecule has 2 aromatic rings. The average molecular weight is 537 g/mol. The molecule has 39 heavy (non-hydrogen) atoms. The van der Waals surface area contributed by atoms with Crippen LogP contribution in [0.3, 0.4) is 0 Å². The van der Waals surface area contributed by atoms with Gasteiger partial charge in [0, 0.05) is 43.8 Å². The van der Waals surface area contributed by atoms with Crippen molar-refractivity contribution in [3.8, 4) is 0 Å². The Balaban J connectivity index is 1.61. The Morgan fingerprint density at radius 2 is 1.74 bits per heavy atom. The number of carbonyl (C=O) groups is 2. The number of ketones is 1. The summed E-state index contributed by atoms with van der Waals surface area (Å²) in [6.07, 6.45) is 6.05. The number of benzene rings is 1. The molecule has 0 N–H and O–H groups in total. The van der Waals surface area contributed by atoms with Crippen molar-refractivity contribution in [2.75, 3.05) is 13.1 Å². The number of Topliss-reactive ketones (excluding diaryl/α,β-unsaturated/α-hetero) is 1. The predicted molar refractivity (Wildman–Crippen MR) is 154 cm³/mol. The third-order valence-electron chi connectivity index (χ3n) is 7.90. The first-order chi connectivity index (χ1) is 18.2. The van der Waals surface area contributed by atoms with Crippen LogP contribution in [0.1, 0.15) is 114 Å². The highest BCUT2D eigenvalue weighted by atomic mass is 16.6. The topological polar surface area (TPSA) is 77.3 Å². The molecule has 1 aromatic carbocycles. The lowest BCUT2D eigenvalue weighted by atomic mass is 9.80. The fourth-order valence-electron chi connectivity index (χ4n) is 5.71. The largest absolute Gasteiger partial charge is 0.444 e. The first kappa shape index (κ1) is 29.3. The van der Waals surface area contributed by atoms with Crippen LogP contribution in [0.2, 0.25) is 0 Å². The van der Waals surface area contributed by atoms with Gasteiger partial charge in [-0.25, -0.2) is 4.79 Å². The molecule has 214 valence electrons. The van der Waals surface area contributed by atoms with E-state index >= 15 is 0 Å². The molecule has 1 aromatic heterocycles. The van der Waals surface area contributed by atoms with Crippen LogP contribution in [0.4, 0.5) is 4.79 Å². The molecule has 0 radical (unpaired) electrons. The van der Waals surface area contributed by atoms with Crippen molar-refractivity contribution in [2.45, 2.75) is 118 Å². The maximum absolute atomic E-state index is 14.0. The van der Waals surface area contributed by atoms with E-state index in [1.54, 1.807) is 4.90 Å². The zero-order valence-corrected chi connectivity index (χ0v) is 25.3. The molecule has 0 spiro atoms. The first-order valence-corrected chi connectivity index (χ1v) is 14.7. The molecular weight excluding hydrogens is 488 g/mol. The van der Waals surface area contributed by atoms with Crippen LogP contribution in [0, 0.1) is 25.2 Å². The molecule has 2 atom stereocenters. The van der Waals surface area contributed by atoms with Crippen molar-refractivity contribution in [2.24, 2.45) is 11.3 Å². The number of aromatic nitrogens is 3. The minimum Gasteiger partial charge on any atom is -0.444 e. The van der Waals surface area contributed by atoms with Gasteiger partial charge in [-0.1, -0.05) is 44.5 Å². The Morgan fingerprint density at radius 3 is 2.36 bits per heavy atom. The second-order valence-electron chi connectivity index (χ2n) is 14.0. The number of piperidine rings is 1. The van der Waals surface area contributed by atoms with Crippen molar-refractivity contribution in [1.82, 2.24) is 19.7 Å². The SMILES string of the molecule is Cc1ccc(CC(=O)[C@H]2CN(C(=O)OC(C)(C)C)CC[C@@H]2c2nnc(CCCC(C)(C)C)n2C2CC2)c(C)c1. The second-order valence-corrected chi connectivity index (χ2v) is 14.0. The maximum atomic E-state index is 14.0. The van der Waals surface area contributed by atoms with E-state index < -0.39 is 5.60 Å². The van der Waals surface area contributed by atoms with Crippen LogP contribution < -0.4 is 0 Å². The first-order valence-electron chi connectivity index (χ1n) is 14.7. The molecule has 0 unspecified atom stereocenters. The predicted octanol–water partition coefficient (Wildman–Crippen LogP) is 6.75. The number of hydrogen-bond acceptors (Lipinski definition) is 5. The van der Waals surface area contributed by atoms with Gasteiger partial charge < -0.3 is 14.2 Å². The van der Waals surface area contributed by atoms with Crippen molar-refractivity contribution in [1.29, 1.82) is 0 Å². The number of nitrogens with zero attached hydrogens (tertiary/aromatic N) is 4. The summed E-state index contributed by atoms with van der Waals surface area (Å²) in [5, 5.41) is 9.41. The molecule has 4 rings (SSSR count). The van der Waals surface area contributed by atoms with Gasteiger partial charge in [-0.05, 0) is 83.3 Å². The van der Waals surface area contributed by atoms with Gasteiger partial charge in [-0.2, -0.15) is 0 Å². The Bertz CT molecular complexity index is 1180. The third kappa shape index (κ3) is 7.70. The Kier molecular flexibility index (Phi) is 8.58. The number of ether oxygens (including phenoxy) is 1. The molecule has 2 fully saturated rings. The summed E-state index contributed by atoms with van der Waals surface area (Å²) < 4.78 is 8.04. The smallest absolute Gasteiger partial charge is 0.410 e. The average Bonchev–Trinajstić information content (AvgIpc) is 3.58. The van der Waals surface area contributed by atoms with Gasteiger partial charge in [0.05, 0.1) is 0 Å². The van der Waals surface area contributed by atoms with Gasteiger partial charge >= 0.3 is 6.09 Å². The molecule has 7 heteroatoms. The quantitative estimate of drug-likeness (QED) is 0.373. The van der Waals surface area contributed by atoms with E-state index in [4.69, 9.17) is 9.84 Å². The van der Waals surface area contributed by atoms with E-state index in [2.05, 4.69) is 62.5 Å². The van der Waals surface area contributed by atoms with Crippen molar-refractivity contribution in [3.63, 3.8) is 0 Å². The Labute approximate surface area is 234 Å². The summed E-state index contributed by atoms with van der Waals surface area (Å²) >= 11 is 0. The lowest BCUT2D eigenvalue weighted by Gasteiger charge is -2.38. The summed E-state index contributed by atoms with van der Waals surface area (Å²) in [7, 11) is 0. The summed E-state index contributed by atoms with van der Waals surface area (Å²) in [6, 6.07) is 6.68. The molecule has 1 aliphatic heterocycles. The molecule has 0 bridgehead atoms. The number of aryl methyl sites for hydroxylation is 3. The van der Waals surface area contributed by atoms with Crippen LogP contribution in [0.5, 0.6) is 0 Å². The van der Waals surface area contributed by atoms with Gasteiger partial charge in [-0.3, -0.25) is 4.79 Å². The highest BCUT2D eigenvalue weighted by Gasteiger charge is 2.42. The molecule has 2 heterocycles. The second kappa shape index (κ2) is 11.4. The van der Waals surface area contributed by atoms with Gasteiger partial charge in [0.15, 0.2) is 0 Å². The number of amides is 1. The molecule has 2 aliphatic rings. The molecule has 1 aliphatic carbocycles. The van der Waals surface area contributed by atoms with Crippen LogP contribution in [-0.4, -0.2) is 50.2 Å². The van der Waals surface area contributed by atoms with Crippen LogP contribution in [0.15, 0.2) is 18.2 Å². The van der Waals surface area contributed by atoms with Crippen LogP contribution >= 0.6 is 0 Å². The van der Waals surface area contributed by atoms with E-state index in [1.807, 2.05) is 20.8 Å². The highest BCUT2D eigenvalue weighted by Crippen LogP contribution is 2.42. The van der Waals surface area contributed by atoms with E-state index in [0.29, 0.717) is 32.0 Å². The number of rotatable bonds is 8. The van der Waals surface area contributed by atoms with Crippen LogP contribution in [0.25, 0.3) is 0 Å². The lowest BCUT2D eigenvalue weighted by molar-refractivity contribution is -0.124. The number of hydrogen-bond donors (Lipinski definition) is 0. The van der Waals surface area contributed by atoms with E-state index in [-0.39, 0.29) is 29.1 Å². The van der Waals surface area contributed by atoms with E-state index in [0.717, 1.165) is 54.9 Å². The van der Waals surface area contributed by atoms with Crippen molar-refractivity contribution < 1.29 is 14.3 Å². The number of carbonyl (C=O) groups excluding carboxylic acids is 2. The monoisotopic (exact) mass is 536 g/mol. The van der Waals surface area contributed by atoms with E-state index in [9.17, 15) is 9.59 Å². The maximum Gasteiger partial charge on any atom is 0.410 e. The molecule has 1 saturated heterocycles. The highest BCUT2D eigenvalue weighted by molar-refractivity contribution is 5.85. The fraction of sp³-hybridized carbons (Fsp3) is 0.688. The summed E-state index contributed by atoms with van der Waals surface area (Å²) in [4.78, 5) is 28.7. The molecule has 1 amide bonds. The van der Waals surface area contributed by atoms with E-state index in [1.165, 1.54) is 5.56 Å². The minimum atomic E-state index is -0.583. The summed E-state index contributed by atoms with van der Waals surface area (Å²) in [5.74, 6) is 1.72. The summed E-state index contributed by atoms with van der Waals surface area (Å²) in [5.41, 5.74) is 3.06. The number of likely N-dealkylation sites (tertiary alicyclic amines) is 1. The normalized spacial score (nSPS) is 20.3. The van der Waals surface area contributed by atoms with Crippen molar-refractivity contribution >= 4 is 11.9 Å². The third-order valence-corrected chi connectivity index (χ3v) is 7.90. The zero-order chi connectivity index (χ0) is 28.5. The van der Waals surface area contributed by atoms with Gasteiger partial charge in [0.25, 0.3) is 0 Å². The standard InChI is InChI=1S/C32H48N4O3/c1-21-11-12-23(22(2)18-21)19-27(37)26-20-35(30(38)39-32(6,7)8)17-15-25(26)29-34-33-28(36(29)24-13-14-24)10-9-16-31(3,4)5/h11-12,18,24-26H,9-10,13-17,19-20H2,1-8H3/t25-,26-/m0/s1. The van der Waals surface area contributed by atoms with Crippen molar-refractivity contribution in [3.05, 3.63) is 46.5 Å². The van der Waals surface area contributed by atoms with Gasteiger partial charge in [0.1, 0.15) is 23.0 Å². The molecule has 7 nitrogen and oxygen atoms in total. The summed E-state index contributed by atoms with van der Waals surface area (Å²) in [6.45, 7) is 17.5. The van der Waals surface area contributed by atoms with Gasteiger partial charge in [-0.15, -0.1) is 10.2 Å². The minimum absolute atomic E-state index is 0.0635. The molecule has 1 saturated carbocycles. The zero-order valence-electron chi connectivity index (χ0n) is 25.3. The fourth-order valence-corrected chi connectivity index (χ4v) is 5.71. The van der Waals surface area contributed by atoms with Crippen LogP contribution in [-0.2, 0) is 22.4 Å². The Hall–Kier alpha value is -2.70. The Morgan fingerprint density at radius 1 is 1.03 bits per heavy atom. The van der Waals surface area contributed by atoms with Gasteiger partial charge in [0.2, 0.25) is 0 Å². The lowest BCUT2D eigenvalue weighted by Crippen LogP contribution is -2.48.